The van der Waals surface area contributed by atoms with Crippen LogP contribution in [0.1, 0.15) is 68.7 Å². The smallest absolute Gasteiger partial charge is 0.351 e. The molecule has 11 heteroatoms. The maximum absolute atomic E-state index is 12.6. The molecule has 0 unspecified atom stereocenters. The third-order valence-electron chi connectivity index (χ3n) is 7.36. The molecule has 0 saturated carbocycles. The molecule has 1 fully saturated rings. The van der Waals surface area contributed by atoms with Gasteiger partial charge in [0.25, 0.3) is 0 Å². The van der Waals surface area contributed by atoms with Crippen LogP contribution in [0.15, 0.2) is 77.7 Å². The Balaban J connectivity index is 1.03. The lowest BCUT2D eigenvalue weighted by atomic mass is 10.2. The number of carbonyl (C=O) groups excluding carboxylic acids is 2. The van der Waals surface area contributed by atoms with Gasteiger partial charge in [-0.05, 0) is 56.0 Å². The van der Waals surface area contributed by atoms with Crippen LogP contribution >= 0.6 is 11.8 Å². The summed E-state index contributed by atoms with van der Waals surface area (Å²) in [5, 5.41) is 9.55. The summed E-state index contributed by atoms with van der Waals surface area (Å²) in [5.41, 5.74) is 1.67. The lowest BCUT2D eigenvalue weighted by Crippen LogP contribution is -2.29. The molecule has 1 aliphatic rings. The zero-order valence-corrected chi connectivity index (χ0v) is 26.6. The van der Waals surface area contributed by atoms with Gasteiger partial charge in [0.2, 0.25) is 5.91 Å². The molecule has 3 aromatic rings. The van der Waals surface area contributed by atoms with E-state index in [1.54, 1.807) is 12.3 Å². The fourth-order valence-corrected chi connectivity index (χ4v) is 5.87. The van der Waals surface area contributed by atoms with E-state index >= 15 is 0 Å². The van der Waals surface area contributed by atoms with Crippen molar-refractivity contribution < 1.29 is 19.1 Å². The van der Waals surface area contributed by atoms with Crippen molar-refractivity contribution in [3.05, 3.63) is 94.5 Å². The number of carbonyl (C=O) groups is 2. The van der Waals surface area contributed by atoms with Crippen molar-refractivity contribution in [2.24, 2.45) is 0 Å². The fraction of sp³-hybridized carbons (Fsp3) is 0.471. The number of hydrogen-bond donors (Lipinski definition) is 3. The number of unbranched alkanes of at least 4 members (excludes halogenated alkanes) is 4. The Morgan fingerprint density at radius 1 is 0.844 bits per heavy atom. The van der Waals surface area contributed by atoms with E-state index in [1.807, 2.05) is 36.4 Å². The monoisotopic (exact) mass is 635 g/mol. The SMILES string of the molecule is O=C(CCCCCNCc1ccccc1)Nc1ccn([C@@H]2CS[C@H](COC(=O)CCCCCNCc3ccccc3)O2)c(=O)n1. The number of ether oxygens (including phenoxy) is 2. The van der Waals surface area contributed by atoms with Gasteiger partial charge in [-0.3, -0.25) is 14.2 Å². The second kappa shape index (κ2) is 19.8. The highest BCUT2D eigenvalue weighted by Crippen LogP contribution is 2.31. The fourth-order valence-electron chi connectivity index (χ4n) is 4.88. The highest BCUT2D eigenvalue weighted by atomic mass is 32.2. The van der Waals surface area contributed by atoms with Crippen molar-refractivity contribution in [3.8, 4) is 0 Å². The Kier molecular flexibility index (Phi) is 15.1. The van der Waals surface area contributed by atoms with E-state index in [4.69, 9.17) is 9.47 Å². The molecule has 0 aliphatic carbocycles. The maximum atomic E-state index is 12.6. The molecular formula is C34H45N5O5S. The number of benzene rings is 2. The molecular weight excluding hydrogens is 590 g/mol. The van der Waals surface area contributed by atoms with Gasteiger partial charge in [-0.1, -0.05) is 73.5 Å². The summed E-state index contributed by atoms with van der Waals surface area (Å²) in [6.45, 7) is 3.63. The number of thioether (sulfide) groups is 1. The van der Waals surface area contributed by atoms with Gasteiger partial charge in [0.15, 0.2) is 0 Å². The van der Waals surface area contributed by atoms with Crippen molar-refractivity contribution in [2.75, 3.05) is 30.8 Å². The first-order valence-corrected chi connectivity index (χ1v) is 16.9. The van der Waals surface area contributed by atoms with Crippen LogP contribution in [0.3, 0.4) is 0 Å². The van der Waals surface area contributed by atoms with E-state index in [0.717, 1.165) is 64.7 Å². The molecule has 3 N–H and O–H groups in total. The van der Waals surface area contributed by atoms with Crippen LogP contribution in [0, 0.1) is 0 Å². The molecule has 1 aliphatic heterocycles. The maximum Gasteiger partial charge on any atom is 0.351 e. The summed E-state index contributed by atoms with van der Waals surface area (Å²) in [4.78, 5) is 41.2. The standard InChI is InChI=1S/C34H45N5O5S/c40-30(17-9-3-11-20-35-23-27-13-5-1-6-14-27)37-29-19-22-39(34(42)38-29)31-26-45-33(44-31)25-43-32(41)18-10-4-12-21-36-24-28-15-7-2-8-16-28/h1-2,5-8,13-16,19,22,31,33,35-36H,3-4,9-12,17-18,20-21,23-26H2,(H,37,38,40,42)/t31-,33+/m0/s1. The Hall–Kier alpha value is -3.51. The molecule has 2 atom stereocenters. The predicted molar refractivity (Wildman–Crippen MR) is 178 cm³/mol. The highest BCUT2D eigenvalue weighted by molar-refractivity contribution is 8.00. The minimum atomic E-state index is -0.512. The summed E-state index contributed by atoms with van der Waals surface area (Å²) in [5.74, 6) is 0.365. The summed E-state index contributed by atoms with van der Waals surface area (Å²) in [6, 6.07) is 22.1. The Morgan fingerprint density at radius 3 is 2.09 bits per heavy atom. The van der Waals surface area contributed by atoms with Crippen molar-refractivity contribution >= 4 is 29.5 Å². The number of rotatable bonds is 20. The zero-order chi connectivity index (χ0) is 31.5. The van der Waals surface area contributed by atoms with Gasteiger partial charge in [-0.25, -0.2) is 4.79 Å². The second-order valence-electron chi connectivity index (χ2n) is 11.0. The topological polar surface area (TPSA) is 124 Å². The van der Waals surface area contributed by atoms with Crippen molar-refractivity contribution in [2.45, 2.75) is 76.1 Å². The molecule has 1 aromatic heterocycles. The summed E-state index contributed by atoms with van der Waals surface area (Å²) >= 11 is 1.49. The zero-order valence-electron chi connectivity index (χ0n) is 25.8. The number of nitrogens with one attached hydrogen (secondary N) is 3. The summed E-state index contributed by atoms with van der Waals surface area (Å²) in [7, 11) is 0. The quantitative estimate of drug-likeness (QED) is 0.116. The first kappa shape index (κ1) is 34.4. The molecule has 242 valence electrons. The van der Waals surface area contributed by atoms with Crippen LogP contribution < -0.4 is 21.6 Å². The van der Waals surface area contributed by atoms with E-state index < -0.39 is 11.9 Å². The molecule has 1 saturated heterocycles. The highest BCUT2D eigenvalue weighted by Gasteiger charge is 2.29. The molecule has 2 heterocycles. The Bertz CT molecular complexity index is 1360. The molecule has 1 amide bonds. The predicted octanol–water partition coefficient (Wildman–Crippen LogP) is 5.01. The molecule has 2 aromatic carbocycles. The summed E-state index contributed by atoms with van der Waals surface area (Å²) in [6.07, 6.45) is 7.24. The van der Waals surface area contributed by atoms with Crippen molar-refractivity contribution in [1.82, 2.24) is 20.2 Å². The molecule has 4 rings (SSSR count). The number of amides is 1. The number of hydrogen-bond acceptors (Lipinski definition) is 9. The van der Waals surface area contributed by atoms with Gasteiger partial charge in [-0.2, -0.15) is 4.98 Å². The second-order valence-corrected chi connectivity index (χ2v) is 12.2. The largest absolute Gasteiger partial charge is 0.462 e. The Labute approximate surface area is 269 Å². The van der Waals surface area contributed by atoms with Crippen LogP contribution in [-0.2, 0) is 32.2 Å². The van der Waals surface area contributed by atoms with Gasteiger partial charge in [0.1, 0.15) is 24.1 Å². The van der Waals surface area contributed by atoms with Crippen LogP contribution in [0.5, 0.6) is 0 Å². The molecule has 0 radical (unpaired) electrons. The number of esters is 1. The minimum Gasteiger partial charge on any atom is -0.462 e. The average molecular weight is 636 g/mol. The summed E-state index contributed by atoms with van der Waals surface area (Å²) < 4.78 is 12.7. The van der Waals surface area contributed by atoms with E-state index in [0.29, 0.717) is 18.6 Å². The average Bonchev–Trinajstić information content (AvgIpc) is 3.52. The van der Waals surface area contributed by atoms with E-state index in [9.17, 15) is 14.4 Å². The van der Waals surface area contributed by atoms with Crippen molar-refractivity contribution in [1.29, 1.82) is 0 Å². The van der Waals surface area contributed by atoms with Gasteiger partial charge in [0.05, 0.1) is 0 Å². The van der Waals surface area contributed by atoms with E-state index in [2.05, 4.69) is 45.2 Å². The number of anilines is 1. The third kappa shape index (κ3) is 13.2. The van der Waals surface area contributed by atoms with Crippen LogP contribution in [-0.4, -0.2) is 52.3 Å². The lowest BCUT2D eigenvalue weighted by molar-refractivity contribution is -0.147. The minimum absolute atomic E-state index is 0.137. The number of aromatic nitrogens is 2. The molecule has 0 bridgehead atoms. The Morgan fingerprint density at radius 2 is 1.47 bits per heavy atom. The van der Waals surface area contributed by atoms with Crippen molar-refractivity contribution in [3.63, 3.8) is 0 Å². The van der Waals surface area contributed by atoms with Gasteiger partial charge in [0, 0.05) is 37.9 Å². The molecule has 0 spiro atoms. The van der Waals surface area contributed by atoms with Gasteiger partial charge < -0.3 is 25.4 Å². The van der Waals surface area contributed by atoms with Gasteiger partial charge in [-0.15, -0.1) is 11.8 Å². The first-order chi connectivity index (χ1) is 22.1. The first-order valence-electron chi connectivity index (χ1n) is 15.9. The number of nitrogens with zero attached hydrogens (tertiary/aromatic N) is 2. The van der Waals surface area contributed by atoms with Crippen LogP contribution in [0.2, 0.25) is 0 Å². The molecule has 45 heavy (non-hydrogen) atoms. The molecule has 10 nitrogen and oxygen atoms in total. The lowest BCUT2D eigenvalue weighted by Gasteiger charge is -2.15. The van der Waals surface area contributed by atoms with E-state index in [-0.39, 0.29) is 29.7 Å². The van der Waals surface area contributed by atoms with Crippen LogP contribution in [0.25, 0.3) is 0 Å². The normalized spacial score (nSPS) is 16.0. The third-order valence-corrected chi connectivity index (χ3v) is 8.45. The van der Waals surface area contributed by atoms with E-state index in [1.165, 1.54) is 27.5 Å². The van der Waals surface area contributed by atoms with Crippen LogP contribution in [0.4, 0.5) is 5.82 Å². The van der Waals surface area contributed by atoms with Gasteiger partial charge >= 0.3 is 11.7 Å².